The van der Waals surface area contributed by atoms with Gasteiger partial charge in [-0.25, -0.2) is 0 Å². The summed E-state index contributed by atoms with van der Waals surface area (Å²) in [5, 5.41) is 8.94. The molecule has 0 aliphatic carbocycles. The Kier molecular flexibility index (Phi) is 4.12. The highest BCUT2D eigenvalue weighted by molar-refractivity contribution is 5.34. The lowest BCUT2D eigenvalue weighted by molar-refractivity contribution is 0.580. The van der Waals surface area contributed by atoms with Crippen LogP contribution in [0.2, 0.25) is 0 Å². The van der Waals surface area contributed by atoms with Crippen LogP contribution in [0.5, 0.6) is 0 Å². The molecule has 0 saturated carbocycles. The highest BCUT2D eigenvalue weighted by atomic mass is 14.7. The third-order valence-electron chi connectivity index (χ3n) is 2.48. The molecule has 1 aromatic rings. The summed E-state index contributed by atoms with van der Waals surface area (Å²) in [5.41, 5.74) is 1.70. The smallest absolute Gasteiger partial charge is 0.101 e. The molecule has 1 atom stereocenters. The number of nitrogens with zero attached hydrogens (tertiary/aromatic N) is 2. The molecule has 1 heterocycles. The molecule has 0 spiro atoms. The molecular formula is C12H16N2. The quantitative estimate of drug-likeness (QED) is 0.727. The maximum Gasteiger partial charge on any atom is 0.101 e. The molecule has 2 nitrogen and oxygen atoms in total. The van der Waals surface area contributed by atoms with E-state index in [1.54, 1.807) is 6.20 Å². The van der Waals surface area contributed by atoms with Gasteiger partial charge in [-0.05, 0) is 25.0 Å². The van der Waals surface area contributed by atoms with Crippen LogP contribution in [0, 0.1) is 11.3 Å². The molecule has 0 radical (unpaired) electrons. The van der Waals surface area contributed by atoms with Crippen LogP contribution in [0.1, 0.15) is 50.3 Å². The van der Waals surface area contributed by atoms with Crippen LogP contribution in [0.25, 0.3) is 0 Å². The lowest BCUT2D eigenvalue weighted by Gasteiger charge is -2.13. The molecular weight excluding hydrogens is 172 g/mol. The normalized spacial score (nSPS) is 12.1. The third kappa shape index (κ3) is 2.32. The molecule has 0 amide bonds. The Balaban J connectivity index is 2.97. The minimum absolute atomic E-state index is 0.441. The average Bonchev–Trinajstić information content (AvgIpc) is 2.26. The van der Waals surface area contributed by atoms with Crippen molar-refractivity contribution in [3.63, 3.8) is 0 Å². The molecule has 0 aromatic carbocycles. The minimum atomic E-state index is 0.441. The van der Waals surface area contributed by atoms with Crippen molar-refractivity contribution in [1.82, 2.24) is 4.98 Å². The second-order valence-electron chi connectivity index (χ2n) is 3.44. The van der Waals surface area contributed by atoms with Crippen LogP contribution in [0.4, 0.5) is 0 Å². The first-order chi connectivity index (χ1) is 6.83. The molecule has 1 aromatic heterocycles. The van der Waals surface area contributed by atoms with E-state index >= 15 is 0 Å². The van der Waals surface area contributed by atoms with Crippen molar-refractivity contribution in [2.75, 3.05) is 0 Å². The van der Waals surface area contributed by atoms with Crippen molar-refractivity contribution in [2.45, 2.75) is 39.0 Å². The van der Waals surface area contributed by atoms with Gasteiger partial charge in [0.25, 0.3) is 0 Å². The fraction of sp³-hybridized carbons (Fsp3) is 0.500. The van der Waals surface area contributed by atoms with Crippen LogP contribution in [0.15, 0.2) is 18.3 Å². The highest BCUT2D eigenvalue weighted by Crippen LogP contribution is 2.25. The van der Waals surface area contributed by atoms with E-state index in [9.17, 15) is 0 Å². The van der Waals surface area contributed by atoms with Gasteiger partial charge in [0.15, 0.2) is 0 Å². The van der Waals surface area contributed by atoms with Gasteiger partial charge in [0, 0.05) is 12.1 Å². The SMILES string of the molecule is CCCC(CC)c1ncccc1C#N. The summed E-state index contributed by atoms with van der Waals surface area (Å²) in [7, 11) is 0. The molecule has 0 fully saturated rings. The fourth-order valence-corrected chi connectivity index (χ4v) is 1.72. The molecule has 0 bridgehead atoms. The zero-order chi connectivity index (χ0) is 10.4. The van der Waals surface area contributed by atoms with E-state index in [0.29, 0.717) is 5.92 Å². The summed E-state index contributed by atoms with van der Waals surface area (Å²) >= 11 is 0. The van der Waals surface area contributed by atoms with E-state index in [-0.39, 0.29) is 0 Å². The molecule has 0 aliphatic rings. The first-order valence-electron chi connectivity index (χ1n) is 5.18. The predicted octanol–water partition coefficient (Wildman–Crippen LogP) is 3.25. The lowest BCUT2D eigenvalue weighted by Crippen LogP contribution is -2.02. The number of rotatable bonds is 4. The molecule has 0 N–H and O–H groups in total. The Morgan fingerprint density at radius 3 is 2.86 bits per heavy atom. The van der Waals surface area contributed by atoms with Gasteiger partial charge in [-0.3, -0.25) is 4.98 Å². The van der Waals surface area contributed by atoms with E-state index in [2.05, 4.69) is 24.9 Å². The summed E-state index contributed by atoms with van der Waals surface area (Å²) in [4.78, 5) is 4.32. The van der Waals surface area contributed by atoms with Gasteiger partial charge >= 0.3 is 0 Å². The predicted molar refractivity (Wildman–Crippen MR) is 56.9 cm³/mol. The number of hydrogen-bond acceptors (Lipinski definition) is 2. The molecule has 2 heteroatoms. The highest BCUT2D eigenvalue weighted by Gasteiger charge is 2.13. The monoisotopic (exact) mass is 188 g/mol. The Labute approximate surface area is 85.6 Å². The van der Waals surface area contributed by atoms with Gasteiger partial charge in [-0.15, -0.1) is 0 Å². The topological polar surface area (TPSA) is 36.7 Å². The van der Waals surface area contributed by atoms with Crippen molar-refractivity contribution >= 4 is 0 Å². The molecule has 0 saturated heterocycles. The van der Waals surface area contributed by atoms with Gasteiger partial charge in [0.2, 0.25) is 0 Å². The lowest BCUT2D eigenvalue weighted by atomic mass is 9.93. The Morgan fingerprint density at radius 2 is 2.29 bits per heavy atom. The first kappa shape index (κ1) is 10.7. The van der Waals surface area contributed by atoms with Crippen molar-refractivity contribution < 1.29 is 0 Å². The largest absolute Gasteiger partial charge is 0.260 e. The van der Waals surface area contributed by atoms with Gasteiger partial charge in [0.1, 0.15) is 6.07 Å². The zero-order valence-electron chi connectivity index (χ0n) is 8.83. The van der Waals surface area contributed by atoms with E-state index in [0.717, 1.165) is 30.5 Å². The number of nitriles is 1. The van der Waals surface area contributed by atoms with E-state index in [4.69, 9.17) is 5.26 Å². The summed E-state index contributed by atoms with van der Waals surface area (Å²) < 4.78 is 0. The fourth-order valence-electron chi connectivity index (χ4n) is 1.72. The van der Waals surface area contributed by atoms with E-state index < -0.39 is 0 Å². The summed E-state index contributed by atoms with van der Waals surface area (Å²) in [6, 6.07) is 5.87. The maximum absolute atomic E-state index is 8.94. The second-order valence-corrected chi connectivity index (χ2v) is 3.44. The molecule has 74 valence electrons. The molecule has 1 unspecified atom stereocenters. The van der Waals surface area contributed by atoms with Crippen LogP contribution < -0.4 is 0 Å². The van der Waals surface area contributed by atoms with Crippen molar-refractivity contribution in [3.05, 3.63) is 29.6 Å². The van der Waals surface area contributed by atoms with Gasteiger partial charge in [-0.1, -0.05) is 20.3 Å². The first-order valence-corrected chi connectivity index (χ1v) is 5.18. The maximum atomic E-state index is 8.94. The average molecular weight is 188 g/mol. The summed E-state index contributed by atoms with van der Waals surface area (Å²) in [6.07, 6.45) is 5.08. The van der Waals surface area contributed by atoms with Crippen LogP contribution in [0.3, 0.4) is 0 Å². The van der Waals surface area contributed by atoms with Gasteiger partial charge in [0.05, 0.1) is 11.3 Å². The van der Waals surface area contributed by atoms with Crippen molar-refractivity contribution in [3.8, 4) is 6.07 Å². The molecule has 14 heavy (non-hydrogen) atoms. The minimum Gasteiger partial charge on any atom is -0.260 e. The van der Waals surface area contributed by atoms with Crippen molar-refractivity contribution in [1.29, 1.82) is 5.26 Å². The number of hydrogen-bond donors (Lipinski definition) is 0. The summed E-state index contributed by atoms with van der Waals surface area (Å²) in [5.74, 6) is 0.441. The van der Waals surface area contributed by atoms with Crippen LogP contribution in [-0.2, 0) is 0 Å². The Hall–Kier alpha value is -1.36. The van der Waals surface area contributed by atoms with Crippen molar-refractivity contribution in [2.24, 2.45) is 0 Å². The Morgan fingerprint density at radius 1 is 1.50 bits per heavy atom. The van der Waals surface area contributed by atoms with Gasteiger partial charge < -0.3 is 0 Å². The van der Waals surface area contributed by atoms with Gasteiger partial charge in [-0.2, -0.15) is 5.26 Å². The number of aromatic nitrogens is 1. The standard InChI is InChI=1S/C12H16N2/c1-3-6-10(4-2)12-11(9-13)7-5-8-14-12/h5,7-8,10H,3-4,6H2,1-2H3. The van der Waals surface area contributed by atoms with E-state index in [1.165, 1.54) is 0 Å². The second kappa shape index (κ2) is 5.39. The summed E-state index contributed by atoms with van der Waals surface area (Å²) in [6.45, 7) is 4.31. The zero-order valence-corrected chi connectivity index (χ0v) is 8.83. The number of pyridine rings is 1. The molecule has 0 aliphatic heterocycles. The van der Waals surface area contributed by atoms with Crippen LogP contribution >= 0.6 is 0 Å². The molecule has 1 rings (SSSR count). The van der Waals surface area contributed by atoms with Crippen LogP contribution in [-0.4, -0.2) is 4.98 Å². The third-order valence-corrected chi connectivity index (χ3v) is 2.48. The van der Waals surface area contributed by atoms with E-state index in [1.807, 2.05) is 12.1 Å². The Bertz CT molecular complexity index is 325.